The fourth-order valence-electron chi connectivity index (χ4n) is 8.73. The molecule has 0 bridgehead atoms. The van der Waals surface area contributed by atoms with E-state index in [0.29, 0.717) is 42.1 Å². The second kappa shape index (κ2) is 12.2. The molecule has 1 saturated heterocycles. The van der Waals surface area contributed by atoms with Crippen LogP contribution in [0.4, 0.5) is 0 Å². The van der Waals surface area contributed by atoms with Crippen molar-refractivity contribution in [2.24, 2.45) is 5.92 Å². The van der Waals surface area contributed by atoms with Gasteiger partial charge in [0.1, 0.15) is 6.04 Å². The van der Waals surface area contributed by atoms with Crippen molar-refractivity contribution in [1.29, 1.82) is 5.26 Å². The third kappa shape index (κ3) is 5.36. The van der Waals surface area contributed by atoms with Crippen molar-refractivity contribution in [3.63, 3.8) is 0 Å². The number of hydrogen-bond donors (Lipinski definition) is 4. The van der Waals surface area contributed by atoms with Gasteiger partial charge in [0.25, 0.3) is 11.8 Å². The molecule has 1 unspecified atom stereocenters. The zero-order chi connectivity index (χ0) is 32.8. The Morgan fingerprint density at radius 2 is 1.60 bits per heavy atom. The fourth-order valence-corrected chi connectivity index (χ4v) is 8.73. The summed E-state index contributed by atoms with van der Waals surface area (Å²) in [6, 6.07) is 13.9. The van der Waals surface area contributed by atoms with Crippen LogP contribution in [0.5, 0.6) is 0 Å². The minimum Gasteiger partial charge on any atom is -0.355 e. The number of hydrogen-bond acceptors (Lipinski definition) is 8. The summed E-state index contributed by atoms with van der Waals surface area (Å²) < 4.78 is 0. The number of aryl methyl sites for hydroxylation is 2. The molecule has 12 heteroatoms. The molecule has 3 atom stereocenters. The Bertz CT molecular complexity index is 1670. The van der Waals surface area contributed by atoms with Gasteiger partial charge in [0.2, 0.25) is 5.91 Å². The Morgan fingerprint density at radius 3 is 2.15 bits per heavy atom. The first kappa shape index (κ1) is 31.0. The van der Waals surface area contributed by atoms with Gasteiger partial charge in [-0.2, -0.15) is 5.26 Å². The van der Waals surface area contributed by atoms with Crippen LogP contribution >= 0.6 is 0 Å². The Kier molecular flexibility index (Phi) is 8.04. The lowest BCUT2D eigenvalue weighted by Crippen LogP contribution is -2.55. The number of tetrazole rings is 1. The number of likely N-dealkylation sites (tertiary alicyclic amines) is 1. The second-order valence-corrected chi connectivity index (χ2v) is 13.7. The highest BCUT2D eigenvalue weighted by Gasteiger charge is 2.55. The van der Waals surface area contributed by atoms with E-state index >= 15 is 0 Å². The van der Waals surface area contributed by atoms with Gasteiger partial charge >= 0.3 is 0 Å². The number of aromatic amines is 1. The number of benzene rings is 2. The van der Waals surface area contributed by atoms with Crippen molar-refractivity contribution in [3.05, 3.63) is 75.6 Å². The van der Waals surface area contributed by atoms with Crippen LogP contribution in [0, 0.1) is 17.2 Å². The van der Waals surface area contributed by atoms with Crippen LogP contribution < -0.4 is 16.0 Å². The molecule has 0 radical (unpaired) electrons. The maximum atomic E-state index is 13.7. The molecule has 0 spiro atoms. The van der Waals surface area contributed by atoms with Gasteiger partial charge in [-0.1, -0.05) is 31.4 Å². The summed E-state index contributed by atoms with van der Waals surface area (Å²) in [5.74, 6) is 0.678. The van der Waals surface area contributed by atoms with E-state index in [4.69, 9.17) is 0 Å². The number of carbonyl (C=O) groups excluding carboxylic acids is 3. The van der Waals surface area contributed by atoms with E-state index in [1.54, 1.807) is 14.1 Å². The number of piperidine rings is 1. The second-order valence-electron chi connectivity index (χ2n) is 13.7. The van der Waals surface area contributed by atoms with Crippen LogP contribution in [0.3, 0.4) is 0 Å². The molecule has 244 valence electrons. The molecule has 3 amide bonds. The smallest absolute Gasteiger partial charge is 0.251 e. The van der Waals surface area contributed by atoms with Gasteiger partial charge in [0, 0.05) is 36.8 Å². The topological polar surface area (TPSA) is 169 Å². The third-order valence-electron chi connectivity index (χ3n) is 11.1. The Labute approximate surface area is 274 Å². The molecule has 1 aliphatic heterocycles. The van der Waals surface area contributed by atoms with Crippen LogP contribution in [0.15, 0.2) is 36.4 Å². The molecular formula is C35H41N9O3. The molecule has 2 aromatic carbocycles. The lowest BCUT2D eigenvalue weighted by molar-refractivity contribution is -0.131. The number of H-pyrrole nitrogens is 1. The van der Waals surface area contributed by atoms with E-state index in [9.17, 15) is 19.6 Å². The van der Waals surface area contributed by atoms with Gasteiger partial charge in [0.15, 0.2) is 5.82 Å². The van der Waals surface area contributed by atoms with Crippen LogP contribution in [0.1, 0.15) is 100 Å². The number of nitrogens with zero attached hydrogens (tertiary/aromatic N) is 5. The van der Waals surface area contributed by atoms with Crippen LogP contribution in [0.25, 0.3) is 0 Å². The van der Waals surface area contributed by atoms with E-state index < -0.39 is 11.0 Å². The molecule has 47 heavy (non-hydrogen) atoms. The third-order valence-corrected chi connectivity index (χ3v) is 11.1. The van der Waals surface area contributed by atoms with Crippen molar-refractivity contribution in [2.75, 3.05) is 20.6 Å². The lowest BCUT2D eigenvalue weighted by atomic mass is 9.62. The van der Waals surface area contributed by atoms with Crippen molar-refractivity contribution in [1.82, 2.24) is 41.5 Å². The minimum atomic E-state index is -0.884. The van der Waals surface area contributed by atoms with Gasteiger partial charge in [-0.25, -0.2) is 5.10 Å². The summed E-state index contributed by atoms with van der Waals surface area (Å²) >= 11 is 0. The molecule has 3 aliphatic carbocycles. The van der Waals surface area contributed by atoms with E-state index in [0.717, 1.165) is 67.2 Å². The van der Waals surface area contributed by atoms with Gasteiger partial charge in [-0.05, 0) is 108 Å². The van der Waals surface area contributed by atoms with Gasteiger partial charge in [-0.15, -0.1) is 5.10 Å². The van der Waals surface area contributed by atoms with E-state index in [-0.39, 0.29) is 36.3 Å². The van der Waals surface area contributed by atoms with E-state index in [2.05, 4.69) is 42.6 Å². The molecule has 4 aliphatic rings. The maximum absolute atomic E-state index is 13.7. The highest BCUT2D eigenvalue weighted by Crippen LogP contribution is 2.51. The highest BCUT2D eigenvalue weighted by atomic mass is 16.2. The molecule has 12 nitrogen and oxygen atoms in total. The van der Waals surface area contributed by atoms with Crippen molar-refractivity contribution in [2.45, 2.75) is 87.2 Å². The van der Waals surface area contributed by atoms with Crippen LogP contribution in [-0.4, -0.2) is 81.5 Å². The molecule has 4 N–H and O–H groups in total. The summed E-state index contributed by atoms with van der Waals surface area (Å²) in [6.07, 6.45) is 8.44. The van der Waals surface area contributed by atoms with Gasteiger partial charge < -0.3 is 20.9 Å². The monoisotopic (exact) mass is 635 g/mol. The number of nitrogens with one attached hydrogen (secondary N) is 4. The number of carbonyl (C=O) groups is 3. The van der Waals surface area contributed by atoms with Crippen LogP contribution in [-0.2, 0) is 23.1 Å². The summed E-state index contributed by atoms with van der Waals surface area (Å²) in [5.41, 5.74) is 3.82. The Balaban J connectivity index is 1.36. The molecule has 2 heterocycles. The van der Waals surface area contributed by atoms with E-state index in [1.807, 2.05) is 41.3 Å². The first-order valence-electron chi connectivity index (χ1n) is 16.7. The zero-order valence-electron chi connectivity index (χ0n) is 26.9. The van der Waals surface area contributed by atoms with Crippen LogP contribution in [0.2, 0.25) is 0 Å². The predicted octanol–water partition coefficient (Wildman–Crippen LogP) is 2.55. The van der Waals surface area contributed by atoms with Crippen molar-refractivity contribution < 1.29 is 14.4 Å². The predicted molar refractivity (Wildman–Crippen MR) is 172 cm³/mol. The lowest BCUT2D eigenvalue weighted by Gasteiger charge is -2.46. The number of nitriles is 1. The maximum Gasteiger partial charge on any atom is 0.251 e. The van der Waals surface area contributed by atoms with Crippen molar-refractivity contribution >= 4 is 17.7 Å². The number of aromatic nitrogens is 4. The molecule has 2 saturated carbocycles. The average molecular weight is 636 g/mol. The molecule has 3 fully saturated rings. The summed E-state index contributed by atoms with van der Waals surface area (Å²) in [5, 5.41) is 34.8. The Morgan fingerprint density at radius 1 is 0.957 bits per heavy atom. The molecular weight excluding hydrogens is 594 g/mol. The number of fused-ring (bicyclic) bond motifs is 3. The highest BCUT2D eigenvalue weighted by molar-refractivity contribution is 5.95. The normalized spacial score (nSPS) is 23.3. The first-order chi connectivity index (χ1) is 22.8. The fraction of sp³-hybridized carbons (Fsp3) is 0.514. The molecule has 3 aromatic rings. The summed E-state index contributed by atoms with van der Waals surface area (Å²) in [4.78, 5) is 41.1. The standard InChI is InChI=1S/C35H41N9O3/c1-37-31(46)23-8-10-27-21(14-23)6-7-22-15-24(32(47)38-2)9-11-28(22)35(27,33-40-42-43-41-33)20-34(12-4-3-5-13-34)39-19-30(45)44-26(18-36)16-25-17-29(25)44/h8-11,14-15,25-26,29,39H,3-7,12-13,16-17,19-20H2,1-2H3,(H,37,46)(H,38,47)(H,40,41,42,43)/t25-,26?,29+/m1/s1. The van der Waals surface area contributed by atoms with Gasteiger partial charge in [0.05, 0.1) is 18.0 Å². The minimum absolute atomic E-state index is 0.0195. The quantitative estimate of drug-likeness (QED) is 0.293. The Hall–Kier alpha value is -4.63. The summed E-state index contributed by atoms with van der Waals surface area (Å²) in [7, 11) is 3.25. The molecule has 1 aromatic heterocycles. The van der Waals surface area contributed by atoms with E-state index in [1.165, 1.54) is 0 Å². The SMILES string of the molecule is CNC(=O)c1ccc2c(c1)CCc1cc(C(=O)NC)ccc1C2(CC1(NCC(=O)N2C(C#N)C[C@@H]3C[C@@H]32)CCCCC1)c1nnn[nH]1. The zero-order valence-corrected chi connectivity index (χ0v) is 26.9. The number of amides is 3. The first-order valence-corrected chi connectivity index (χ1v) is 16.7. The average Bonchev–Trinajstić information content (AvgIpc) is 3.48. The largest absolute Gasteiger partial charge is 0.355 e. The van der Waals surface area contributed by atoms with Crippen molar-refractivity contribution in [3.8, 4) is 6.07 Å². The summed E-state index contributed by atoms with van der Waals surface area (Å²) in [6.45, 7) is 0.150. The molecule has 7 rings (SSSR count). The van der Waals surface area contributed by atoms with Gasteiger partial charge in [-0.3, -0.25) is 14.4 Å². The number of rotatable bonds is 8.